The molecule has 252 valence electrons. The lowest BCUT2D eigenvalue weighted by molar-refractivity contribution is 0.673. The van der Waals surface area contributed by atoms with E-state index in [-0.39, 0.29) is 0 Å². The molecule has 0 saturated carbocycles. The molecule has 11 aromatic rings. The fraction of sp³-hybridized carbons (Fsp3) is 0. The van der Waals surface area contributed by atoms with E-state index in [1.165, 1.54) is 20.2 Å². The molecule has 5 heteroatoms. The minimum absolute atomic E-state index is 0.595. The van der Waals surface area contributed by atoms with Crippen molar-refractivity contribution in [3.05, 3.63) is 176 Å². The number of fused-ring (bicyclic) bond motifs is 8. The summed E-state index contributed by atoms with van der Waals surface area (Å²) in [4.78, 5) is 15.7. The first kappa shape index (κ1) is 30.7. The molecule has 0 aliphatic rings. The number of rotatable bonds is 5. The molecule has 0 spiro atoms. The lowest BCUT2D eigenvalue weighted by Gasteiger charge is -2.11. The molecule has 54 heavy (non-hydrogen) atoms. The number of benzene rings is 8. The molecule has 11 rings (SSSR count). The summed E-state index contributed by atoms with van der Waals surface area (Å²) in [6.07, 6.45) is 0. The normalized spacial score (nSPS) is 11.7. The molecule has 0 N–H and O–H groups in total. The van der Waals surface area contributed by atoms with E-state index in [0.717, 1.165) is 71.7 Å². The van der Waals surface area contributed by atoms with Crippen molar-refractivity contribution in [3.63, 3.8) is 0 Å². The van der Waals surface area contributed by atoms with Gasteiger partial charge in [-0.05, 0) is 70.1 Å². The van der Waals surface area contributed by atoms with Crippen LogP contribution in [0.4, 0.5) is 0 Å². The highest BCUT2D eigenvalue weighted by molar-refractivity contribution is 7.25. The minimum atomic E-state index is 0.595. The summed E-state index contributed by atoms with van der Waals surface area (Å²) in [5.74, 6) is 1.83. The molecular weight excluding hydrogens is 679 g/mol. The topological polar surface area (TPSA) is 51.8 Å². The molecular formula is C49H29N3OS. The van der Waals surface area contributed by atoms with Gasteiger partial charge in [0.2, 0.25) is 0 Å². The molecule has 0 radical (unpaired) electrons. The maximum Gasteiger partial charge on any atom is 0.164 e. The Hall–Kier alpha value is -6.95. The number of furan rings is 1. The quantitative estimate of drug-likeness (QED) is 0.179. The fourth-order valence-electron chi connectivity index (χ4n) is 7.78. The third-order valence-corrected chi connectivity index (χ3v) is 11.5. The molecule has 3 aromatic heterocycles. The van der Waals surface area contributed by atoms with Gasteiger partial charge in [0, 0.05) is 53.0 Å². The molecule has 8 aromatic carbocycles. The highest BCUT2D eigenvalue weighted by Gasteiger charge is 2.21. The Morgan fingerprint density at radius 2 is 0.963 bits per heavy atom. The highest BCUT2D eigenvalue weighted by atomic mass is 32.1. The van der Waals surface area contributed by atoms with Gasteiger partial charge in [-0.25, -0.2) is 15.0 Å². The summed E-state index contributed by atoms with van der Waals surface area (Å²) in [7, 11) is 0. The van der Waals surface area contributed by atoms with E-state index in [1.54, 1.807) is 11.3 Å². The minimum Gasteiger partial charge on any atom is -0.455 e. The molecule has 0 saturated heterocycles. The third kappa shape index (κ3) is 5.01. The maximum absolute atomic E-state index is 6.72. The number of nitrogens with zero attached hydrogens (tertiary/aromatic N) is 3. The van der Waals surface area contributed by atoms with Crippen LogP contribution in [0.2, 0.25) is 0 Å². The van der Waals surface area contributed by atoms with Crippen molar-refractivity contribution < 1.29 is 4.42 Å². The standard InChI is InChI=1S/C49H29N3OS/c1-3-13-30(14-4-1)32-17-11-18-33(27-32)47-50-48(34-25-26-44-40(28-34)36-20-9-10-24-43(36)54-44)52-49(51-47)38-22-12-23-42-45(38)41-29-39(31-15-5-2-6-16-31)35-19-7-8-21-37(35)46(41)53-42/h1-29H. The molecule has 0 fully saturated rings. The average Bonchev–Trinajstić information content (AvgIpc) is 3.82. The van der Waals surface area contributed by atoms with Crippen molar-refractivity contribution >= 4 is 64.2 Å². The molecule has 0 aliphatic heterocycles. The maximum atomic E-state index is 6.72. The SMILES string of the molecule is c1ccc(-c2cccc(-c3nc(-c4ccc5sc6ccccc6c5c4)nc(-c4cccc5oc6c7ccccc7c(-c7ccccc7)cc6c45)n3)c2)cc1. The predicted molar refractivity (Wildman–Crippen MR) is 225 cm³/mol. The Labute approximate surface area is 314 Å². The fourth-order valence-corrected chi connectivity index (χ4v) is 8.87. The Balaban J connectivity index is 1.18. The number of thiophene rings is 1. The van der Waals surface area contributed by atoms with Crippen LogP contribution in [-0.2, 0) is 0 Å². The van der Waals surface area contributed by atoms with Gasteiger partial charge in [-0.1, -0.05) is 133 Å². The highest BCUT2D eigenvalue weighted by Crippen LogP contribution is 2.43. The Kier molecular flexibility index (Phi) is 7.00. The Bertz CT molecular complexity index is 3220. The van der Waals surface area contributed by atoms with E-state index in [1.807, 2.05) is 18.2 Å². The van der Waals surface area contributed by atoms with Crippen LogP contribution in [0, 0.1) is 0 Å². The summed E-state index contributed by atoms with van der Waals surface area (Å²) in [6.45, 7) is 0. The van der Waals surface area contributed by atoms with Gasteiger partial charge in [0.1, 0.15) is 11.2 Å². The Morgan fingerprint density at radius 3 is 1.78 bits per heavy atom. The second-order valence-corrected chi connectivity index (χ2v) is 14.6. The van der Waals surface area contributed by atoms with E-state index >= 15 is 0 Å². The van der Waals surface area contributed by atoms with Gasteiger partial charge >= 0.3 is 0 Å². The zero-order valence-corrected chi connectivity index (χ0v) is 29.7. The monoisotopic (exact) mass is 707 g/mol. The van der Waals surface area contributed by atoms with Crippen molar-refractivity contribution in [1.29, 1.82) is 0 Å². The smallest absolute Gasteiger partial charge is 0.164 e. The number of aromatic nitrogens is 3. The van der Waals surface area contributed by atoms with E-state index in [2.05, 4.69) is 158 Å². The van der Waals surface area contributed by atoms with Crippen molar-refractivity contribution in [2.75, 3.05) is 0 Å². The summed E-state index contributed by atoms with van der Waals surface area (Å²) >= 11 is 1.81. The van der Waals surface area contributed by atoms with Crippen LogP contribution in [-0.4, -0.2) is 15.0 Å². The van der Waals surface area contributed by atoms with Crippen LogP contribution in [0.25, 0.3) is 109 Å². The van der Waals surface area contributed by atoms with Crippen LogP contribution in [0.15, 0.2) is 180 Å². The molecule has 0 aliphatic carbocycles. The average molecular weight is 708 g/mol. The van der Waals surface area contributed by atoms with Crippen LogP contribution in [0.5, 0.6) is 0 Å². The second-order valence-electron chi connectivity index (χ2n) is 13.6. The van der Waals surface area contributed by atoms with Crippen molar-refractivity contribution in [2.24, 2.45) is 0 Å². The predicted octanol–water partition coefficient (Wildman–Crippen LogP) is 13.6. The second kappa shape index (κ2) is 12.3. The molecule has 0 atom stereocenters. The summed E-state index contributed by atoms with van der Waals surface area (Å²) < 4.78 is 9.22. The Morgan fingerprint density at radius 1 is 0.352 bits per heavy atom. The van der Waals surface area contributed by atoms with Crippen molar-refractivity contribution in [1.82, 2.24) is 15.0 Å². The van der Waals surface area contributed by atoms with E-state index < -0.39 is 0 Å². The van der Waals surface area contributed by atoms with Gasteiger partial charge in [-0.2, -0.15) is 0 Å². The summed E-state index contributed by atoms with van der Waals surface area (Å²) in [5.41, 5.74) is 8.95. The molecule has 3 heterocycles. The third-order valence-electron chi connectivity index (χ3n) is 10.3. The van der Waals surface area contributed by atoms with E-state index in [0.29, 0.717) is 17.5 Å². The lowest BCUT2D eigenvalue weighted by Crippen LogP contribution is -2.00. The van der Waals surface area contributed by atoms with Gasteiger partial charge < -0.3 is 4.42 Å². The summed E-state index contributed by atoms with van der Waals surface area (Å²) in [6, 6.07) is 61.5. The molecule has 0 amide bonds. The van der Waals surface area contributed by atoms with Crippen LogP contribution < -0.4 is 0 Å². The zero-order chi connectivity index (χ0) is 35.6. The van der Waals surface area contributed by atoms with Crippen LogP contribution in [0.1, 0.15) is 0 Å². The van der Waals surface area contributed by atoms with E-state index in [4.69, 9.17) is 19.4 Å². The largest absolute Gasteiger partial charge is 0.455 e. The van der Waals surface area contributed by atoms with Crippen LogP contribution in [0.3, 0.4) is 0 Å². The van der Waals surface area contributed by atoms with Crippen LogP contribution >= 0.6 is 11.3 Å². The lowest BCUT2D eigenvalue weighted by atomic mass is 9.94. The zero-order valence-electron chi connectivity index (χ0n) is 28.9. The van der Waals surface area contributed by atoms with E-state index in [9.17, 15) is 0 Å². The first-order chi connectivity index (χ1) is 26.7. The van der Waals surface area contributed by atoms with Crippen molar-refractivity contribution in [3.8, 4) is 56.4 Å². The van der Waals surface area contributed by atoms with Gasteiger partial charge in [0.05, 0.1) is 0 Å². The van der Waals surface area contributed by atoms with Gasteiger partial charge in [-0.3, -0.25) is 0 Å². The van der Waals surface area contributed by atoms with Gasteiger partial charge in [-0.15, -0.1) is 11.3 Å². The van der Waals surface area contributed by atoms with Crippen molar-refractivity contribution in [2.45, 2.75) is 0 Å². The van der Waals surface area contributed by atoms with Gasteiger partial charge in [0.15, 0.2) is 17.5 Å². The summed E-state index contributed by atoms with van der Waals surface area (Å²) in [5, 5.41) is 6.67. The number of hydrogen-bond donors (Lipinski definition) is 0. The van der Waals surface area contributed by atoms with Gasteiger partial charge in [0.25, 0.3) is 0 Å². The molecule has 4 nitrogen and oxygen atoms in total. The first-order valence-electron chi connectivity index (χ1n) is 18.0. The molecule has 0 unspecified atom stereocenters. The molecule has 0 bridgehead atoms. The number of hydrogen-bond acceptors (Lipinski definition) is 5. The first-order valence-corrected chi connectivity index (χ1v) is 18.8.